The van der Waals surface area contributed by atoms with Crippen LogP contribution in [0.5, 0.6) is 0 Å². The molecule has 0 saturated carbocycles. The fourth-order valence-electron chi connectivity index (χ4n) is 6.83. The highest BCUT2D eigenvalue weighted by Crippen LogP contribution is 2.30. The fraction of sp³-hybridized carbons (Fsp3) is 0.412. The van der Waals surface area contributed by atoms with E-state index in [0.29, 0.717) is 16.5 Å². The summed E-state index contributed by atoms with van der Waals surface area (Å²) >= 11 is 0. The van der Waals surface area contributed by atoms with Gasteiger partial charge in [0.2, 0.25) is 9.84 Å². The van der Waals surface area contributed by atoms with Gasteiger partial charge in [0.05, 0.1) is 9.79 Å². The Morgan fingerprint density at radius 3 is 2.12 bits per heavy atom. The summed E-state index contributed by atoms with van der Waals surface area (Å²) in [5.41, 5.74) is 4.76. The molecular weight excluding hydrogens is 532 g/mol. The Hall–Kier alpha value is -3.29. The van der Waals surface area contributed by atoms with E-state index in [1.54, 1.807) is 30.3 Å². The number of carbonyl (C=O) groups is 2. The summed E-state index contributed by atoms with van der Waals surface area (Å²) in [6.07, 6.45) is 6.53. The van der Waals surface area contributed by atoms with Crippen LogP contribution in [0.4, 0.5) is 0 Å². The van der Waals surface area contributed by atoms with Crippen molar-refractivity contribution in [2.75, 3.05) is 26.2 Å². The zero-order valence-electron chi connectivity index (χ0n) is 23.7. The van der Waals surface area contributed by atoms with Crippen molar-refractivity contribution in [1.29, 1.82) is 0 Å². The molecule has 2 heterocycles. The van der Waals surface area contributed by atoms with Crippen molar-refractivity contribution in [3.8, 4) is 0 Å². The minimum Gasteiger partial charge on any atom is -0.339 e. The Labute approximate surface area is 243 Å². The average Bonchev–Trinajstić information content (AvgIpc) is 3.49. The van der Waals surface area contributed by atoms with Crippen LogP contribution in [0.1, 0.15) is 69.5 Å². The topological polar surface area (TPSA) is 74.8 Å². The van der Waals surface area contributed by atoms with E-state index < -0.39 is 9.84 Å². The van der Waals surface area contributed by atoms with Crippen molar-refractivity contribution in [3.05, 3.63) is 94.5 Å². The van der Waals surface area contributed by atoms with Crippen LogP contribution >= 0.6 is 0 Å². The number of Topliss-reactive ketones (excluding diaryl/α,β-unsaturated/α-hetero) is 1. The zero-order chi connectivity index (χ0) is 28.6. The highest BCUT2D eigenvalue weighted by atomic mass is 32.2. The lowest BCUT2D eigenvalue weighted by Gasteiger charge is -2.41. The number of fused-ring (bicyclic) bond motifs is 1. The van der Waals surface area contributed by atoms with Gasteiger partial charge in [-0.15, -0.1) is 0 Å². The summed E-state index contributed by atoms with van der Waals surface area (Å²) in [5.74, 6) is 0.176. The average molecular weight is 571 g/mol. The number of benzene rings is 3. The lowest BCUT2D eigenvalue weighted by atomic mass is 9.87. The second kappa shape index (κ2) is 11.5. The maximum Gasteiger partial charge on any atom is 0.254 e. The van der Waals surface area contributed by atoms with Gasteiger partial charge in [0.15, 0.2) is 5.78 Å². The van der Waals surface area contributed by atoms with Crippen molar-refractivity contribution in [2.24, 2.45) is 5.92 Å². The van der Waals surface area contributed by atoms with Gasteiger partial charge in [-0.1, -0.05) is 36.4 Å². The second-order valence-corrected chi connectivity index (χ2v) is 13.8. The van der Waals surface area contributed by atoms with Crippen LogP contribution in [0.3, 0.4) is 0 Å². The van der Waals surface area contributed by atoms with Crippen molar-refractivity contribution < 1.29 is 18.0 Å². The maximum absolute atomic E-state index is 13.3. The van der Waals surface area contributed by atoms with E-state index in [1.807, 2.05) is 48.2 Å². The van der Waals surface area contributed by atoms with Gasteiger partial charge in [-0.2, -0.15) is 0 Å². The van der Waals surface area contributed by atoms with E-state index in [1.165, 1.54) is 5.56 Å². The summed E-state index contributed by atoms with van der Waals surface area (Å²) in [4.78, 5) is 31.3. The molecule has 2 fully saturated rings. The second-order valence-electron chi connectivity index (χ2n) is 11.8. The van der Waals surface area contributed by atoms with Crippen LogP contribution in [0.15, 0.2) is 76.5 Å². The molecule has 1 amide bonds. The fourth-order valence-corrected chi connectivity index (χ4v) is 8.14. The third-order valence-corrected chi connectivity index (χ3v) is 11.1. The van der Waals surface area contributed by atoms with Crippen LogP contribution in [-0.2, 0) is 22.7 Å². The molecule has 0 unspecified atom stereocenters. The molecule has 41 heavy (non-hydrogen) atoms. The standard InChI is InChI=1S/C34H38N2O4S/c1-24-5-2-3-8-32(24)34(38)36-21-17-29(18-22-36)35-19-15-27(16-20-35)33(37)26-10-12-30(13-11-26)41(39,40)31-14-9-25-6-4-7-28(25)23-31/h2-3,5,8-14,23,27,29H,4,6-7,15-22H2,1H3. The van der Waals surface area contributed by atoms with Gasteiger partial charge in [-0.3, -0.25) is 9.59 Å². The van der Waals surface area contributed by atoms with Gasteiger partial charge in [0, 0.05) is 36.2 Å². The van der Waals surface area contributed by atoms with Crippen LogP contribution in [0.2, 0.25) is 0 Å². The summed E-state index contributed by atoms with van der Waals surface area (Å²) in [5, 5.41) is 0. The molecule has 0 N–H and O–H groups in total. The van der Waals surface area contributed by atoms with Crippen LogP contribution in [0, 0.1) is 12.8 Å². The summed E-state index contributed by atoms with van der Waals surface area (Å²) in [6.45, 7) is 5.25. The number of likely N-dealkylation sites (tertiary alicyclic amines) is 2. The van der Waals surface area contributed by atoms with E-state index in [0.717, 1.165) is 87.8 Å². The van der Waals surface area contributed by atoms with Gasteiger partial charge in [0.1, 0.15) is 0 Å². The first-order chi connectivity index (χ1) is 19.8. The Morgan fingerprint density at radius 1 is 0.756 bits per heavy atom. The molecule has 6 rings (SSSR count). The number of amides is 1. The number of ketones is 1. The lowest BCUT2D eigenvalue weighted by Crippen LogP contribution is -2.49. The van der Waals surface area contributed by atoms with Gasteiger partial charge >= 0.3 is 0 Å². The van der Waals surface area contributed by atoms with Gasteiger partial charge in [-0.25, -0.2) is 8.42 Å². The molecule has 0 spiro atoms. The molecule has 0 atom stereocenters. The number of piperidine rings is 2. The van der Waals surface area contributed by atoms with Crippen molar-refractivity contribution in [2.45, 2.75) is 67.7 Å². The highest BCUT2D eigenvalue weighted by molar-refractivity contribution is 7.91. The van der Waals surface area contributed by atoms with E-state index in [4.69, 9.17) is 0 Å². The van der Waals surface area contributed by atoms with Crippen molar-refractivity contribution in [3.63, 3.8) is 0 Å². The molecule has 2 saturated heterocycles. The number of aryl methyl sites for hydroxylation is 3. The summed E-state index contributed by atoms with van der Waals surface area (Å²) in [6, 6.07) is 20.2. The first-order valence-corrected chi connectivity index (χ1v) is 16.4. The SMILES string of the molecule is Cc1ccccc1C(=O)N1CCC(N2CCC(C(=O)c3ccc(S(=O)(=O)c4ccc5c(c4)CCC5)cc3)CC2)CC1. The Morgan fingerprint density at radius 2 is 1.41 bits per heavy atom. The number of rotatable bonds is 6. The monoisotopic (exact) mass is 570 g/mol. The van der Waals surface area contributed by atoms with Gasteiger partial charge in [-0.05, 0) is 112 Å². The van der Waals surface area contributed by atoms with Gasteiger partial charge < -0.3 is 9.80 Å². The lowest BCUT2D eigenvalue weighted by molar-refractivity contribution is 0.0526. The molecule has 214 valence electrons. The summed E-state index contributed by atoms with van der Waals surface area (Å²) in [7, 11) is -3.62. The van der Waals surface area contributed by atoms with Crippen LogP contribution in [0.25, 0.3) is 0 Å². The third kappa shape index (κ3) is 5.62. The number of carbonyl (C=O) groups excluding carboxylic acids is 2. The number of hydrogen-bond donors (Lipinski definition) is 0. The zero-order valence-corrected chi connectivity index (χ0v) is 24.5. The Balaban J connectivity index is 1.02. The first kappa shape index (κ1) is 27.9. The highest BCUT2D eigenvalue weighted by Gasteiger charge is 2.32. The third-order valence-electron chi connectivity index (χ3n) is 9.37. The van der Waals surface area contributed by atoms with Gasteiger partial charge in [0.25, 0.3) is 5.91 Å². The van der Waals surface area contributed by atoms with E-state index in [2.05, 4.69) is 4.90 Å². The molecule has 7 heteroatoms. The van der Waals surface area contributed by atoms with Crippen LogP contribution < -0.4 is 0 Å². The van der Waals surface area contributed by atoms with E-state index in [9.17, 15) is 18.0 Å². The maximum atomic E-state index is 13.3. The predicted octanol–water partition coefficient (Wildman–Crippen LogP) is 5.52. The van der Waals surface area contributed by atoms with E-state index >= 15 is 0 Å². The molecule has 0 radical (unpaired) electrons. The molecular formula is C34H38N2O4S. The van der Waals surface area contributed by atoms with Crippen molar-refractivity contribution >= 4 is 21.5 Å². The number of sulfone groups is 1. The first-order valence-electron chi connectivity index (χ1n) is 14.9. The van der Waals surface area contributed by atoms with Crippen molar-refractivity contribution in [1.82, 2.24) is 9.80 Å². The predicted molar refractivity (Wildman–Crippen MR) is 159 cm³/mol. The molecule has 2 aliphatic heterocycles. The molecule has 0 bridgehead atoms. The van der Waals surface area contributed by atoms with Crippen LogP contribution in [-0.4, -0.2) is 62.1 Å². The minimum atomic E-state index is -3.62. The largest absolute Gasteiger partial charge is 0.339 e. The number of hydrogen-bond acceptors (Lipinski definition) is 5. The smallest absolute Gasteiger partial charge is 0.254 e. The molecule has 6 nitrogen and oxygen atoms in total. The molecule has 3 aromatic carbocycles. The Kier molecular flexibility index (Phi) is 7.84. The normalized spacial score (nSPS) is 18.8. The summed E-state index contributed by atoms with van der Waals surface area (Å²) < 4.78 is 26.5. The molecule has 3 aromatic rings. The Bertz CT molecular complexity index is 1550. The number of nitrogens with zero attached hydrogens (tertiary/aromatic N) is 2. The minimum absolute atomic E-state index is 0.0480. The molecule has 0 aromatic heterocycles. The quantitative estimate of drug-likeness (QED) is 0.365. The van der Waals surface area contributed by atoms with E-state index in [-0.39, 0.29) is 22.5 Å². The molecule has 3 aliphatic rings. The molecule has 1 aliphatic carbocycles.